The number of hydrogen-bond donors (Lipinski definition) is 2. The van der Waals surface area contributed by atoms with E-state index in [1.807, 2.05) is 0 Å². The molecule has 0 spiro atoms. The van der Waals surface area contributed by atoms with Crippen molar-refractivity contribution in [3.05, 3.63) is 24.0 Å². The van der Waals surface area contributed by atoms with E-state index < -0.39 is 23.8 Å². The molecule has 29 heavy (non-hydrogen) atoms. The third-order valence-electron chi connectivity index (χ3n) is 4.67. The van der Waals surface area contributed by atoms with Crippen LogP contribution in [0.1, 0.15) is 77.6 Å². The summed E-state index contributed by atoms with van der Waals surface area (Å²) in [6.07, 6.45) is 15.3. The van der Waals surface area contributed by atoms with Gasteiger partial charge in [-0.15, -0.1) is 0 Å². The molecule has 0 bridgehead atoms. The van der Waals surface area contributed by atoms with Crippen LogP contribution >= 0.6 is 0 Å². The average Bonchev–Trinajstić information content (AvgIpc) is 2.57. The summed E-state index contributed by atoms with van der Waals surface area (Å²) in [6.45, 7) is 2.11. The van der Waals surface area contributed by atoms with E-state index >= 15 is 0 Å². The van der Waals surface area contributed by atoms with E-state index in [9.17, 15) is 24.9 Å². The molecule has 6 heteroatoms. The zero-order valence-corrected chi connectivity index (χ0v) is 18.8. The molecule has 2 N–H and O–H groups in total. The van der Waals surface area contributed by atoms with Gasteiger partial charge in [0.05, 0.1) is 21.1 Å². The molecule has 0 amide bonds. The van der Waals surface area contributed by atoms with Crippen LogP contribution in [0.25, 0.3) is 0 Å². The van der Waals surface area contributed by atoms with Crippen LogP contribution in [0.2, 0.25) is 0 Å². The maximum atomic E-state index is 12.4. The Labute approximate surface area is 176 Å². The van der Waals surface area contributed by atoms with Crippen molar-refractivity contribution >= 4 is 11.8 Å². The van der Waals surface area contributed by atoms with Crippen molar-refractivity contribution < 1.29 is 29.4 Å². The highest BCUT2D eigenvalue weighted by Gasteiger charge is 2.40. The fourth-order valence-electron chi connectivity index (χ4n) is 3.34. The van der Waals surface area contributed by atoms with Crippen molar-refractivity contribution in [1.29, 1.82) is 0 Å². The number of aliphatic hydroxyl groups is 2. The van der Waals surface area contributed by atoms with Gasteiger partial charge in [0.1, 0.15) is 12.3 Å². The minimum Gasteiger partial charge on any atom is -0.550 e. The van der Waals surface area contributed by atoms with E-state index in [1.165, 1.54) is 51.0 Å². The molecule has 0 aliphatic rings. The molecule has 0 aromatic carbocycles. The highest BCUT2D eigenvalue weighted by atomic mass is 16.4. The predicted octanol–water partition coefficient (Wildman–Crippen LogP) is 3.05. The standard InChI is InChI=1S/C23H41NO5/c1-5-6-7-8-9-10-11-12-13-14-15-16-20(25)17-21(26)23(29,18-22(27)28)19-24(2,3)4/h15-17,29H,5-14,18-19H2,1-4H3,(H-,25,26,27,28). The van der Waals surface area contributed by atoms with Gasteiger partial charge >= 0.3 is 0 Å². The summed E-state index contributed by atoms with van der Waals surface area (Å²) in [4.78, 5) is 23.3. The Kier molecular flexibility index (Phi) is 13.5. The monoisotopic (exact) mass is 411 g/mol. The highest BCUT2D eigenvalue weighted by molar-refractivity contribution is 5.99. The number of unbranched alkanes of at least 4 members (excludes halogenated alkanes) is 9. The number of quaternary nitrogens is 1. The Morgan fingerprint density at radius 2 is 1.48 bits per heavy atom. The first-order chi connectivity index (χ1) is 13.5. The Hall–Kier alpha value is -1.66. The number of hydrogen-bond acceptors (Lipinski definition) is 5. The molecular formula is C23H41NO5. The third kappa shape index (κ3) is 14.9. The third-order valence-corrected chi connectivity index (χ3v) is 4.67. The van der Waals surface area contributed by atoms with Gasteiger partial charge in [0.25, 0.3) is 0 Å². The first kappa shape index (κ1) is 27.3. The van der Waals surface area contributed by atoms with Crippen molar-refractivity contribution in [2.75, 3.05) is 27.7 Å². The van der Waals surface area contributed by atoms with Crippen LogP contribution < -0.4 is 5.11 Å². The number of ketones is 1. The van der Waals surface area contributed by atoms with Crippen LogP contribution in [0.3, 0.4) is 0 Å². The zero-order chi connectivity index (χ0) is 22.3. The normalized spacial score (nSPS) is 14.9. The van der Waals surface area contributed by atoms with E-state index in [0.717, 1.165) is 25.3 Å². The second-order valence-corrected chi connectivity index (χ2v) is 8.98. The molecule has 0 aromatic rings. The minimum atomic E-state index is -2.12. The molecule has 0 rings (SSSR count). The smallest absolute Gasteiger partial charge is 0.197 e. The number of rotatable bonds is 17. The molecule has 0 aromatic heterocycles. The molecule has 0 saturated heterocycles. The predicted molar refractivity (Wildman–Crippen MR) is 114 cm³/mol. The molecule has 6 nitrogen and oxygen atoms in total. The number of carbonyl (C=O) groups is 2. The van der Waals surface area contributed by atoms with Crippen LogP contribution in [-0.2, 0) is 9.59 Å². The van der Waals surface area contributed by atoms with Gasteiger partial charge in [-0.3, -0.25) is 4.79 Å². The Morgan fingerprint density at radius 1 is 0.966 bits per heavy atom. The van der Waals surface area contributed by atoms with Crippen LogP contribution in [0.15, 0.2) is 24.0 Å². The van der Waals surface area contributed by atoms with E-state index in [0.29, 0.717) is 0 Å². The number of likely N-dealkylation sites (N-methyl/N-ethyl adjacent to an activating group) is 1. The van der Waals surface area contributed by atoms with Crippen molar-refractivity contribution in [1.82, 2.24) is 0 Å². The number of carboxylic acids is 1. The lowest BCUT2D eigenvalue weighted by Gasteiger charge is -2.34. The number of aliphatic carboxylic acids is 1. The fraction of sp³-hybridized carbons (Fsp3) is 0.739. The Bertz CT molecular complexity index is 548. The van der Waals surface area contributed by atoms with E-state index in [-0.39, 0.29) is 16.8 Å². The molecule has 1 unspecified atom stereocenters. The van der Waals surface area contributed by atoms with Crippen molar-refractivity contribution in [2.45, 2.75) is 83.2 Å². The minimum absolute atomic E-state index is 0.105. The summed E-state index contributed by atoms with van der Waals surface area (Å²) >= 11 is 0. The molecule has 0 aliphatic heterocycles. The number of carboxylic acid groups (broad SMARTS) is 1. The molecule has 0 fully saturated rings. The molecule has 0 aliphatic carbocycles. The lowest BCUT2D eigenvalue weighted by atomic mass is 9.92. The number of carbonyl (C=O) groups excluding carboxylic acids is 2. The van der Waals surface area contributed by atoms with Gasteiger partial charge in [0, 0.05) is 18.5 Å². The van der Waals surface area contributed by atoms with Crippen LogP contribution in [0.5, 0.6) is 0 Å². The second-order valence-electron chi connectivity index (χ2n) is 8.98. The lowest BCUT2D eigenvalue weighted by Crippen LogP contribution is -2.55. The summed E-state index contributed by atoms with van der Waals surface area (Å²) in [5, 5.41) is 31.4. The number of nitrogens with zero attached hydrogens (tertiary/aromatic N) is 1. The molecule has 168 valence electrons. The maximum Gasteiger partial charge on any atom is 0.197 e. The van der Waals surface area contributed by atoms with Crippen molar-refractivity contribution in [3.8, 4) is 0 Å². The average molecular weight is 412 g/mol. The summed E-state index contributed by atoms with van der Waals surface area (Å²) in [6, 6.07) is 0. The van der Waals surface area contributed by atoms with Crippen LogP contribution in [0, 0.1) is 0 Å². The van der Waals surface area contributed by atoms with Gasteiger partial charge in [-0.2, -0.15) is 0 Å². The van der Waals surface area contributed by atoms with Crippen molar-refractivity contribution in [2.24, 2.45) is 0 Å². The number of allylic oxidation sites excluding steroid dienone is 2. The summed E-state index contributed by atoms with van der Waals surface area (Å²) in [5.41, 5.74) is -2.12. The second kappa shape index (κ2) is 14.3. The van der Waals surface area contributed by atoms with Gasteiger partial charge in [0.15, 0.2) is 11.4 Å². The molecule has 0 radical (unpaired) electrons. The summed E-state index contributed by atoms with van der Waals surface area (Å²) in [7, 11) is 5.21. The van der Waals surface area contributed by atoms with Gasteiger partial charge in [-0.05, 0) is 18.9 Å². The quantitative estimate of drug-likeness (QED) is 0.126. The molecule has 0 saturated carbocycles. The van der Waals surface area contributed by atoms with Crippen LogP contribution in [-0.4, -0.2) is 59.7 Å². The summed E-state index contributed by atoms with van der Waals surface area (Å²) < 4.78 is 0.193. The largest absolute Gasteiger partial charge is 0.550 e. The SMILES string of the molecule is CCCCCCCCCCCC=CC(O)=CC(=O)C(O)(CC(=O)[O-])C[N+](C)(C)C. The first-order valence-corrected chi connectivity index (χ1v) is 10.8. The topological polar surface area (TPSA) is 97.7 Å². The maximum absolute atomic E-state index is 12.4. The Morgan fingerprint density at radius 3 is 1.97 bits per heavy atom. The van der Waals surface area contributed by atoms with E-state index in [4.69, 9.17) is 0 Å². The number of aliphatic hydroxyl groups excluding tert-OH is 1. The summed E-state index contributed by atoms with van der Waals surface area (Å²) in [5.74, 6) is -2.63. The van der Waals surface area contributed by atoms with E-state index in [1.54, 1.807) is 27.2 Å². The fourth-order valence-corrected chi connectivity index (χ4v) is 3.34. The van der Waals surface area contributed by atoms with Gasteiger partial charge < -0.3 is 24.6 Å². The van der Waals surface area contributed by atoms with Crippen LogP contribution in [0.4, 0.5) is 0 Å². The lowest BCUT2D eigenvalue weighted by molar-refractivity contribution is -0.875. The van der Waals surface area contributed by atoms with Gasteiger partial charge in [-0.1, -0.05) is 64.4 Å². The van der Waals surface area contributed by atoms with Gasteiger partial charge in [-0.25, -0.2) is 0 Å². The van der Waals surface area contributed by atoms with E-state index in [2.05, 4.69) is 6.92 Å². The first-order valence-electron chi connectivity index (χ1n) is 10.8. The Balaban J connectivity index is 4.39. The molecular weight excluding hydrogens is 370 g/mol. The molecule has 1 atom stereocenters. The van der Waals surface area contributed by atoms with Crippen molar-refractivity contribution in [3.63, 3.8) is 0 Å². The highest BCUT2D eigenvalue weighted by Crippen LogP contribution is 2.17. The zero-order valence-electron chi connectivity index (χ0n) is 18.8. The van der Waals surface area contributed by atoms with Gasteiger partial charge in [0.2, 0.25) is 0 Å². The molecule has 0 heterocycles.